The average molecular weight is 469 g/mol. The molecule has 2 N–H and O–H groups in total. The normalized spacial score (nSPS) is 17.3. The van der Waals surface area contributed by atoms with E-state index in [4.69, 9.17) is 4.74 Å². The molecule has 0 bridgehead atoms. The van der Waals surface area contributed by atoms with E-state index >= 15 is 0 Å². The van der Waals surface area contributed by atoms with E-state index in [1.807, 2.05) is 32.0 Å². The zero-order chi connectivity index (χ0) is 24.5. The predicted octanol–water partition coefficient (Wildman–Crippen LogP) is 4.68. The second-order valence-corrected chi connectivity index (χ2v) is 8.40. The Balaban J connectivity index is 1.64. The SMILES string of the molecule is CCCOc1ccc(/C(O)=C2\C(=O)C(=O)N(c3nc4ccc(C)cc4[nH]3)C2c2ccncc2)cc1. The van der Waals surface area contributed by atoms with Crippen LogP contribution in [-0.4, -0.2) is 38.4 Å². The minimum atomic E-state index is -0.879. The summed E-state index contributed by atoms with van der Waals surface area (Å²) in [6.07, 6.45) is 4.03. The molecule has 2 aromatic carbocycles. The molecule has 176 valence electrons. The fourth-order valence-electron chi connectivity index (χ4n) is 4.22. The number of Topliss-reactive ketones (excluding diaryl/α,β-unsaturated/α-hetero) is 1. The van der Waals surface area contributed by atoms with Crippen molar-refractivity contribution in [2.24, 2.45) is 0 Å². The van der Waals surface area contributed by atoms with Crippen molar-refractivity contribution in [3.05, 3.63) is 89.3 Å². The first-order chi connectivity index (χ1) is 17.0. The van der Waals surface area contributed by atoms with Crippen LogP contribution in [0.15, 0.2) is 72.6 Å². The smallest absolute Gasteiger partial charge is 0.302 e. The number of aromatic nitrogens is 3. The predicted molar refractivity (Wildman–Crippen MR) is 132 cm³/mol. The van der Waals surface area contributed by atoms with Gasteiger partial charge in [-0.1, -0.05) is 13.0 Å². The van der Waals surface area contributed by atoms with E-state index < -0.39 is 17.7 Å². The Kier molecular flexibility index (Phi) is 5.78. The van der Waals surface area contributed by atoms with Gasteiger partial charge in [-0.3, -0.25) is 19.5 Å². The van der Waals surface area contributed by atoms with Crippen molar-refractivity contribution in [2.45, 2.75) is 26.3 Å². The van der Waals surface area contributed by atoms with E-state index in [9.17, 15) is 14.7 Å². The average Bonchev–Trinajstić information content (AvgIpc) is 3.40. The fraction of sp³-hybridized carbons (Fsp3) is 0.185. The number of aliphatic hydroxyl groups excluding tert-OH is 1. The maximum atomic E-state index is 13.3. The Hall–Kier alpha value is -4.46. The standard InChI is InChI=1S/C27H24N4O4/c1-3-14-35-19-7-5-18(6-8-19)24(32)22-23(17-10-12-28-13-11-17)31(26(34)25(22)33)27-29-20-9-4-16(2)15-21(20)30-27/h4-13,15,23,32H,3,14H2,1-2H3,(H,29,30)/b24-22+. The Labute approximate surface area is 201 Å². The molecule has 4 aromatic rings. The number of aryl methyl sites for hydroxylation is 1. The number of anilines is 1. The number of ether oxygens (including phenoxy) is 1. The van der Waals surface area contributed by atoms with Crippen LogP contribution in [0.3, 0.4) is 0 Å². The van der Waals surface area contributed by atoms with E-state index in [2.05, 4.69) is 15.0 Å². The Bertz CT molecular complexity index is 1440. The third-order valence-electron chi connectivity index (χ3n) is 5.92. The quantitative estimate of drug-likeness (QED) is 0.242. The van der Waals surface area contributed by atoms with Crippen LogP contribution in [0, 0.1) is 6.92 Å². The highest BCUT2D eigenvalue weighted by molar-refractivity contribution is 6.51. The third-order valence-corrected chi connectivity index (χ3v) is 5.92. The number of fused-ring (bicyclic) bond motifs is 1. The molecular formula is C27H24N4O4. The lowest BCUT2D eigenvalue weighted by Gasteiger charge is -2.22. The van der Waals surface area contributed by atoms with Crippen LogP contribution >= 0.6 is 0 Å². The number of H-pyrrole nitrogens is 1. The summed E-state index contributed by atoms with van der Waals surface area (Å²) in [4.78, 5) is 39.6. The molecule has 0 aliphatic carbocycles. The van der Waals surface area contributed by atoms with Gasteiger partial charge in [0.15, 0.2) is 0 Å². The van der Waals surface area contributed by atoms with Gasteiger partial charge in [-0.25, -0.2) is 4.98 Å². The highest BCUT2D eigenvalue weighted by atomic mass is 16.5. The monoisotopic (exact) mass is 468 g/mol. The van der Waals surface area contributed by atoms with Crippen molar-refractivity contribution in [2.75, 3.05) is 11.5 Å². The lowest BCUT2D eigenvalue weighted by molar-refractivity contribution is -0.132. The zero-order valence-corrected chi connectivity index (χ0v) is 19.4. The first-order valence-electron chi connectivity index (χ1n) is 11.4. The maximum Gasteiger partial charge on any atom is 0.302 e. The molecule has 1 aliphatic rings. The van der Waals surface area contributed by atoms with Gasteiger partial charge in [-0.05, 0) is 73.0 Å². The molecule has 1 amide bonds. The van der Waals surface area contributed by atoms with Gasteiger partial charge in [-0.15, -0.1) is 0 Å². The van der Waals surface area contributed by atoms with Crippen LogP contribution in [0.5, 0.6) is 5.75 Å². The largest absolute Gasteiger partial charge is 0.507 e. The minimum absolute atomic E-state index is 0.0138. The molecule has 1 fully saturated rings. The number of nitrogens with zero attached hydrogens (tertiary/aromatic N) is 3. The number of benzene rings is 2. The second-order valence-electron chi connectivity index (χ2n) is 8.40. The number of pyridine rings is 1. The number of ketones is 1. The number of imidazole rings is 1. The number of nitrogens with one attached hydrogen (secondary N) is 1. The van der Waals surface area contributed by atoms with Crippen LogP contribution in [0.25, 0.3) is 16.8 Å². The van der Waals surface area contributed by atoms with Gasteiger partial charge in [0.1, 0.15) is 11.5 Å². The van der Waals surface area contributed by atoms with Gasteiger partial charge in [0.2, 0.25) is 5.95 Å². The number of amides is 1. The number of carbonyl (C=O) groups excluding carboxylic acids is 2. The molecule has 2 aromatic heterocycles. The number of aliphatic hydroxyl groups is 1. The van der Waals surface area contributed by atoms with Gasteiger partial charge < -0.3 is 14.8 Å². The summed E-state index contributed by atoms with van der Waals surface area (Å²) in [7, 11) is 0. The summed E-state index contributed by atoms with van der Waals surface area (Å²) in [6, 6.07) is 15.0. The molecule has 1 atom stereocenters. The molecule has 8 nitrogen and oxygen atoms in total. The summed E-state index contributed by atoms with van der Waals surface area (Å²) in [5.41, 5.74) is 3.47. The summed E-state index contributed by atoms with van der Waals surface area (Å²) in [5.74, 6) is -0.926. The van der Waals surface area contributed by atoms with Crippen LogP contribution in [0.1, 0.15) is 36.1 Å². The van der Waals surface area contributed by atoms with Gasteiger partial charge >= 0.3 is 5.91 Å². The highest BCUT2D eigenvalue weighted by Crippen LogP contribution is 2.41. The molecule has 3 heterocycles. The number of rotatable bonds is 6. The van der Waals surface area contributed by atoms with Crippen molar-refractivity contribution in [1.29, 1.82) is 0 Å². The van der Waals surface area contributed by atoms with Crippen LogP contribution in [0.2, 0.25) is 0 Å². The summed E-state index contributed by atoms with van der Waals surface area (Å²) < 4.78 is 5.61. The summed E-state index contributed by atoms with van der Waals surface area (Å²) in [5, 5.41) is 11.2. The Morgan fingerprint density at radius 2 is 1.83 bits per heavy atom. The van der Waals surface area contributed by atoms with Crippen LogP contribution in [-0.2, 0) is 9.59 Å². The molecule has 1 unspecified atom stereocenters. The molecule has 8 heteroatoms. The van der Waals surface area contributed by atoms with E-state index in [0.29, 0.717) is 29.0 Å². The van der Waals surface area contributed by atoms with E-state index in [1.165, 1.54) is 4.90 Å². The fourth-order valence-corrected chi connectivity index (χ4v) is 4.22. The second kappa shape index (κ2) is 9.06. The van der Waals surface area contributed by atoms with Crippen molar-refractivity contribution in [3.63, 3.8) is 0 Å². The molecule has 5 rings (SSSR count). The van der Waals surface area contributed by atoms with Crippen LogP contribution in [0.4, 0.5) is 5.95 Å². The van der Waals surface area contributed by atoms with Crippen molar-refractivity contribution >= 4 is 34.4 Å². The first-order valence-corrected chi connectivity index (χ1v) is 11.4. The number of aromatic amines is 1. The van der Waals surface area contributed by atoms with Gasteiger partial charge in [0.25, 0.3) is 5.78 Å². The zero-order valence-electron chi connectivity index (χ0n) is 19.4. The summed E-state index contributed by atoms with van der Waals surface area (Å²) >= 11 is 0. The molecule has 1 aliphatic heterocycles. The number of carbonyl (C=O) groups is 2. The van der Waals surface area contributed by atoms with E-state index in [1.54, 1.807) is 48.8 Å². The van der Waals surface area contributed by atoms with Crippen molar-refractivity contribution in [1.82, 2.24) is 15.0 Å². The minimum Gasteiger partial charge on any atom is -0.507 e. The van der Waals surface area contributed by atoms with Gasteiger partial charge in [0.05, 0.1) is 29.3 Å². The molecule has 35 heavy (non-hydrogen) atoms. The highest BCUT2D eigenvalue weighted by Gasteiger charge is 2.48. The lowest BCUT2D eigenvalue weighted by atomic mass is 9.96. The molecule has 1 saturated heterocycles. The Morgan fingerprint density at radius 1 is 1.09 bits per heavy atom. The van der Waals surface area contributed by atoms with Crippen molar-refractivity contribution < 1.29 is 19.4 Å². The number of hydrogen-bond acceptors (Lipinski definition) is 6. The molecule has 0 spiro atoms. The van der Waals surface area contributed by atoms with E-state index in [-0.39, 0.29) is 17.3 Å². The third kappa shape index (κ3) is 4.03. The first kappa shape index (κ1) is 22.3. The van der Waals surface area contributed by atoms with E-state index in [0.717, 1.165) is 17.5 Å². The number of hydrogen-bond donors (Lipinski definition) is 2. The molecule has 0 saturated carbocycles. The Morgan fingerprint density at radius 3 is 2.54 bits per heavy atom. The van der Waals surface area contributed by atoms with Crippen molar-refractivity contribution in [3.8, 4) is 5.75 Å². The van der Waals surface area contributed by atoms with Gasteiger partial charge in [0, 0.05) is 18.0 Å². The maximum absolute atomic E-state index is 13.3. The molecular weight excluding hydrogens is 444 g/mol. The van der Waals surface area contributed by atoms with Gasteiger partial charge in [-0.2, -0.15) is 0 Å². The lowest BCUT2D eigenvalue weighted by Crippen LogP contribution is -2.30. The summed E-state index contributed by atoms with van der Waals surface area (Å²) in [6.45, 7) is 4.55. The molecule has 0 radical (unpaired) electrons. The van der Waals surface area contributed by atoms with Crippen LogP contribution < -0.4 is 9.64 Å². The topological polar surface area (TPSA) is 108 Å².